The van der Waals surface area contributed by atoms with E-state index in [0.29, 0.717) is 17.7 Å². The highest BCUT2D eigenvalue weighted by Gasteiger charge is 2.37. The first-order valence-corrected chi connectivity index (χ1v) is 7.48. The molecule has 3 rings (SSSR count). The van der Waals surface area contributed by atoms with E-state index in [2.05, 4.69) is 5.32 Å². The maximum Gasteiger partial charge on any atom is 0.254 e. The highest BCUT2D eigenvalue weighted by Crippen LogP contribution is 2.26. The lowest BCUT2D eigenvalue weighted by atomic mass is 9.99. The quantitative estimate of drug-likeness (QED) is 0.926. The number of hydrogen-bond donors (Lipinski definition) is 1. The van der Waals surface area contributed by atoms with Crippen LogP contribution in [0.15, 0.2) is 54.6 Å². The van der Waals surface area contributed by atoms with Crippen molar-refractivity contribution in [2.45, 2.75) is 19.0 Å². The van der Waals surface area contributed by atoms with Gasteiger partial charge in [0.25, 0.3) is 5.91 Å². The average molecular weight is 312 g/mol. The molecular weight excluding hydrogens is 295 g/mol. The van der Waals surface area contributed by atoms with Crippen molar-refractivity contribution in [1.82, 2.24) is 10.2 Å². The largest absolute Gasteiger partial charge is 0.350 e. The number of piperazine rings is 1. The van der Waals surface area contributed by atoms with Crippen LogP contribution >= 0.6 is 0 Å². The van der Waals surface area contributed by atoms with E-state index < -0.39 is 6.04 Å². The molecule has 1 heterocycles. The fourth-order valence-electron chi connectivity index (χ4n) is 2.83. The number of carbonyl (C=O) groups excluding carboxylic acids is 2. The van der Waals surface area contributed by atoms with E-state index >= 15 is 0 Å². The van der Waals surface area contributed by atoms with Gasteiger partial charge in [-0.25, -0.2) is 4.39 Å². The third-order valence-electron chi connectivity index (χ3n) is 3.89. The summed E-state index contributed by atoms with van der Waals surface area (Å²) in [6.07, 6.45) is 0. The smallest absolute Gasteiger partial charge is 0.254 e. The molecule has 1 aliphatic rings. The summed E-state index contributed by atoms with van der Waals surface area (Å²) in [6, 6.07) is 13.6. The number of rotatable bonds is 2. The van der Waals surface area contributed by atoms with Gasteiger partial charge in [-0.3, -0.25) is 9.59 Å². The molecule has 4 nitrogen and oxygen atoms in total. The van der Waals surface area contributed by atoms with Gasteiger partial charge >= 0.3 is 0 Å². The molecule has 0 aromatic heterocycles. The van der Waals surface area contributed by atoms with Crippen molar-refractivity contribution in [3.05, 3.63) is 71.5 Å². The first kappa shape index (κ1) is 15.2. The molecule has 2 aromatic rings. The van der Waals surface area contributed by atoms with Crippen LogP contribution in [-0.2, 0) is 4.79 Å². The topological polar surface area (TPSA) is 49.4 Å². The summed E-state index contributed by atoms with van der Waals surface area (Å²) in [5.74, 6) is -0.833. The van der Waals surface area contributed by atoms with E-state index in [4.69, 9.17) is 0 Å². The molecule has 2 amide bonds. The van der Waals surface area contributed by atoms with Crippen LogP contribution in [0.3, 0.4) is 0 Å². The number of hydrogen-bond acceptors (Lipinski definition) is 2. The molecule has 23 heavy (non-hydrogen) atoms. The summed E-state index contributed by atoms with van der Waals surface area (Å²) in [5, 5.41) is 2.85. The summed E-state index contributed by atoms with van der Waals surface area (Å²) in [5.41, 5.74) is 1.13. The van der Waals surface area contributed by atoms with Crippen molar-refractivity contribution in [2.24, 2.45) is 0 Å². The highest BCUT2D eigenvalue weighted by atomic mass is 19.1. The molecule has 1 aliphatic heterocycles. The number of halogens is 1. The summed E-state index contributed by atoms with van der Waals surface area (Å²) in [7, 11) is 0. The minimum atomic E-state index is -0.750. The van der Waals surface area contributed by atoms with Crippen LogP contribution in [-0.4, -0.2) is 29.3 Å². The van der Waals surface area contributed by atoms with Gasteiger partial charge in [0.15, 0.2) is 0 Å². The minimum absolute atomic E-state index is 0.133. The lowest BCUT2D eigenvalue weighted by Gasteiger charge is -2.38. The second kappa shape index (κ2) is 6.20. The lowest BCUT2D eigenvalue weighted by Crippen LogP contribution is -2.56. The molecule has 0 saturated carbocycles. The molecule has 0 spiro atoms. The standard InChI is InChI=1S/C18H17FN2O2/c1-12-11-21(18(23)14-5-3-2-4-6-14)16(17(22)20-12)13-7-9-15(19)10-8-13/h2-10,12,16H,11H2,1H3,(H,20,22)/t12-,16+/m1/s1. The summed E-state index contributed by atoms with van der Waals surface area (Å²) in [6.45, 7) is 2.26. The predicted octanol–water partition coefficient (Wildman–Crippen LogP) is 2.53. The van der Waals surface area contributed by atoms with Gasteiger partial charge in [-0.1, -0.05) is 30.3 Å². The van der Waals surface area contributed by atoms with Crippen molar-refractivity contribution in [1.29, 1.82) is 0 Å². The van der Waals surface area contributed by atoms with Gasteiger partial charge in [0.05, 0.1) is 0 Å². The molecule has 1 N–H and O–H groups in total. The first-order valence-electron chi connectivity index (χ1n) is 7.48. The van der Waals surface area contributed by atoms with E-state index in [1.807, 2.05) is 13.0 Å². The normalized spacial score (nSPS) is 21.0. The summed E-state index contributed by atoms with van der Waals surface area (Å²) < 4.78 is 13.2. The van der Waals surface area contributed by atoms with E-state index in [9.17, 15) is 14.0 Å². The van der Waals surface area contributed by atoms with Crippen LogP contribution in [0, 0.1) is 5.82 Å². The molecule has 2 atom stereocenters. The number of nitrogens with one attached hydrogen (secondary N) is 1. The van der Waals surface area contributed by atoms with E-state index in [1.54, 1.807) is 41.3 Å². The molecule has 0 aliphatic carbocycles. The van der Waals surface area contributed by atoms with Crippen molar-refractivity contribution in [3.63, 3.8) is 0 Å². The predicted molar refractivity (Wildman–Crippen MR) is 84.2 cm³/mol. The van der Waals surface area contributed by atoms with Crippen LogP contribution in [0.25, 0.3) is 0 Å². The molecule has 2 aromatic carbocycles. The van der Waals surface area contributed by atoms with Gasteiger partial charge in [-0.2, -0.15) is 0 Å². The Bertz CT molecular complexity index is 716. The Morgan fingerprint density at radius 1 is 1.13 bits per heavy atom. The van der Waals surface area contributed by atoms with E-state index in [0.717, 1.165) is 0 Å². The highest BCUT2D eigenvalue weighted by molar-refractivity contribution is 5.98. The average Bonchev–Trinajstić information content (AvgIpc) is 2.55. The number of carbonyl (C=O) groups is 2. The fraction of sp³-hybridized carbons (Fsp3) is 0.222. The van der Waals surface area contributed by atoms with Gasteiger partial charge in [-0.15, -0.1) is 0 Å². The molecule has 0 unspecified atom stereocenters. The molecule has 0 radical (unpaired) electrons. The van der Waals surface area contributed by atoms with Crippen LogP contribution < -0.4 is 5.32 Å². The molecule has 1 saturated heterocycles. The molecule has 118 valence electrons. The summed E-state index contributed by atoms with van der Waals surface area (Å²) in [4.78, 5) is 26.8. The van der Waals surface area contributed by atoms with Crippen LogP contribution in [0.2, 0.25) is 0 Å². The molecular formula is C18H17FN2O2. The van der Waals surface area contributed by atoms with Crippen LogP contribution in [0.4, 0.5) is 4.39 Å². The maximum atomic E-state index is 13.2. The third kappa shape index (κ3) is 3.08. The van der Waals surface area contributed by atoms with E-state index in [-0.39, 0.29) is 23.7 Å². The van der Waals surface area contributed by atoms with Gasteiger partial charge in [0.2, 0.25) is 5.91 Å². The zero-order valence-corrected chi connectivity index (χ0v) is 12.7. The van der Waals surface area contributed by atoms with Gasteiger partial charge in [0, 0.05) is 18.2 Å². The minimum Gasteiger partial charge on any atom is -0.350 e. The molecule has 0 bridgehead atoms. The number of amides is 2. The van der Waals surface area contributed by atoms with Gasteiger partial charge in [0.1, 0.15) is 11.9 Å². The third-order valence-corrected chi connectivity index (χ3v) is 3.89. The lowest BCUT2D eigenvalue weighted by molar-refractivity contribution is -0.129. The monoisotopic (exact) mass is 312 g/mol. The second-order valence-corrected chi connectivity index (χ2v) is 5.69. The second-order valence-electron chi connectivity index (χ2n) is 5.69. The SMILES string of the molecule is C[C@@H]1CN(C(=O)c2ccccc2)[C@@H](c2ccc(F)cc2)C(=O)N1. The first-order chi connectivity index (χ1) is 11.1. The maximum absolute atomic E-state index is 13.2. The van der Waals surface area contributed by atoms with Gasteiger partial charge in [-0.05, 0) is 36.8 Å². The Morgan fingerprint density at radius 2 is 1.78 bits per heavy atom. The van der Waals surface area contributed by atoms with Crippen LogP contribution in [0.5, 0.6) is 0 Å². The van der Waals surface area contributed by atoms with Crippen LogP contribution in [0.1, 0.15) is 28.9 Å². The fourth-order valence-corrected chi connectivity index (χ4v) is 2.83. The zero-order valence-electron chi connectivity index (χ0n) is 12.7. The Kier molecular flexibility index (Phi) is 4.10. The van der Waals surface area contributed by atoms with Gasteiger partial charge < -0.3 is 10.2 Å². The summed E-state index contributed by atoms with van der Waals surface area (Å²) >= 11 is 0. The Morgan fingerprint density at radius 3 is 2.43 bits per heavy atom. The Labute approximate surface area is 133 Å². The van der Waals surface area contributed by atoms with Crippen molar-refractivity contribution < 1.29 is 14.0 Å². The van der Waals surface area contributed by atoms with Crippen molar-refractivity contribution >= 4 is 11.8 Å². The molecule has 5 heteroatoms. The Balaban J connectivity index is 1.98. The number of benzene rings is 2. The van der Waals surface area contributed by atoms with Crippen molar-refractivity contribution in [3.8, 4) is 0 Å². The zero-order chi connectivity index (χ0) is 16.4. The van der Waals surface area contributed by atoms with Crippen molar-refractivity contribution in [2.75, 3.05) is 6.54 Å². The molecule has 1 fully saturated rings. The number of nitrogens with zero attached hydrogens (tertiary/aromatic N) is 1. The Hall–Kier alpha value is -2.69. The van der Waals surface area contributed by atoms with E-state index in [1.165, 1.54) is 12.1 Å².